The molecule has 3 rings (SSSR count). The zero-order valence-corrected chi connectivity index (χ0v) is 15.5. The fraction of sp³-hybridized carbons (Fsp3) is 0.556. The molecular weight excluding hydrogens is 356 g/mol. The van der Waals surface area contributed by atoms with Gasteiger partial charge in [0.15, 0.2) is 0 Å². The van der Waals surface area contributed by atoms with Gasteiger partial charge in [-0.1, -0.05) is 6.07 Å². The summed E-state index contributed by atoms with van der Waals surface area (Å²) >= 11 is 0. The van der Waals surface area contributed by atoms with Crippen molar-refractivity contribution in [3.05, 3.63) is 29.3 Å². The van der Waals surface area contributed by atoms with Crippen LogP contribution >= 0.6 is 0 Å². The van der Waals surface area contributed by atoms with Gasteiger partial charge in [0.05, 0.1) is 10.8 Å². The van der Waals surface area contributed by atoms with Crippen molar-refractivity contribution in [2.75, 3.05) is 0 Å². The highest BCUT2D eigenvalue weighted by atomic mass is 32.2. The lowest BCUT2D eigenvalue weighted by Crippen LogP contribution is -2.39. The predicted octanol–water partition coefficient (Wildman–Crippen LogP) is 1.81. The molecule has 3 N–H and O–H groups in total. The van der Waals surface area contributed by atoms with E-state index in [1.165, 1.54) is 12.1 Å². The van der Waals surface area contributed by atoms with E-state index in [-0.39, 0.29) is 28.8 Å². The van der Waals surface area contributed by atoms with E-state index >= 15 is 0 Å². The highest BCUT2D eigenvalue weighted by molar-refractivity contribution is 7.89. The topological polar surface area (TPSA) is 113 Å². The van der Waals surface area contributed by atoms with Crippen LogP contribution in [0.1, 0.15) is 54.4 Å². The minimum atomic E-state index is -3.61. The van der Waals surface area contributed by atoms with E-state index in [2.05, 4.69) is 10.0 Å². The SMILES string of the molecule is Cc1ccc(S(=O)(=O)NC2CC2)cc1C(=O)NC1CCC(C(=O)O)CC1. The molecule has 0 aliphatic heterocycles. The molecule has 0 saturated heterocycles. The van der Waals surface area contributed by atoms with Crippen molar-refractivity contribution >= 4 is 21.9 Å². The molecule has 0 bridgehead atoms. The maximum absolute atomic E-state index is 12.6. The third-order valence-electron chi connectivity index (χ3n) is 5.07. The summed E-state index contributed by atoms with van der Waals surface area (Å²) in [5.74, 6) is -1.44. The Morgan fingerprint density at radius 2 is 1.65 bits per heavy atom. The molecule has 8 heteroatoms. The van der Waals surface area contributed by atoms with Gasteiger partial charge >= 0.3 is 5.97 Å². The van der Waals surface area contributed by atoms with Gasteiger partial charge in [-0.3, -0.25) is 9.59 Å². The molecule has 1 amide bonds. The first-order valence-electron chi connectivity index (χ1n) is 8.93. The standard InChI is InChI=1S/C18H24N2O5S/c1-11-2-9-15(26(24,25)20-14-7-8-14)10-16(11)17(21)19-13-5-3-12(4-6-13)18(22)23/h2,9-10,12-14,20H,3-8H2,1H3,(H,19,21)(H,22,23). The Morgan fingerprint density at radius 1 is 1.04 bits per heavy atom. The molecule has 142 valence electrons. The number of hydrogen-bond donors (Lipinski definition) is 3. The lowest BCUT2D eigenvalue weighted by molar-refractivity contribution is -0.142. The number of amides is 1. The zero-order chi connectivity index (χ0) is 18.9. The molecule has 7 nitrogen and oxygen atoms in total. The van der Waals surface area contributed by atoms with E-state index < -0.39 is 16.0 Å². The Labute approximate surface area is 153 Å². The van der Waals surface area contributed by atoms with Crippen LogP contribution in [0.3, 0.4) is 0 Å². The van der Waals surface area contributed by atoms with Crippen molar-refractivity contribution in [1.82, 2.24) is 10.0 Å². The third kappa shape index (κ3) is 4.42. The molecule has 1 aromatic rings. The number of hydrogen-bond acceptors (Lipinski definition) is 4. The molecule has 0 spiro atoms. The second-order valence-electron chi connectivity index (χ2n) is 7.23. The van der Waals surface area contributed by atoms with Gasteiger partial charge in [-0.2, -0.15) is 0 Å². The van der Waals surface area contributed by atoms with Crippen molar-refractivity contribution in [3.8, 4) is 0 Å². The highest BCUT2D eigenvalue weighted by Gasteiger charge is 2.30. The van der Waals surface area contributed by atoms with Gasteiger partial charge in [0, 0.05) is 17.6 Å². The second kappa shape index (κ2) is 7.36. The second-order valence-corrected chi connectivity index (χ2v) is 8.95. The van der Waals surface area contributed by atoms with E-state index in [4.69, 9.17) is 5.11 Å². The number of carbonyl (C=O) groups is 2. The summed E-state index contributed by atoms with van der Waals surface area (Å²) in [4.78, 5) is 23.7. The van der Waals surface area contributed by atoms with Crippen molar-refractivity contribution in [3.63, 3.8) is 0 Å². The minimum absolute atomic E-state index is 0.00278. The van der Waals surface area contributed by atoms with Gasteiger partial charge < -0.3 is 10.4 Å². The molecule has 0 atom stereocenters. The Balaban J connectivity index is 1.69. The smallest absolute Gasteiger partial charge is 0.306 e. The van der Waals surface area contributed by atoms with Gasteiger partial charge in [-0.15, -0.1) is 0 Å². The largest absolute Gasteiger partial charge is 0.481 e. The van der Waals surface area contributed by atoms with Gasteiger partial charge in [-0.25, -0.2) is 13.1 Å². The summed E-state index contributed by atoms with van der Waals surface area (Å²) in [5, 5.41) is 12.0. The maximum atomic E-state index is 12.6. The van der Waals surface area contributed by atoms with E-state index in [0.29, 0.717) is 36.8 Å². The van der Waals surface area contributed by atoms with E-state index in [9.17, 15) is 18.0 Å². The van der Waals surface area contributed by atoms with Crippen LogP contribution in [0.25, 0.3) is 0 Å². The average molecular weight is 380 g/mol. The predicted molar refractivity (Wildman–Crippen MR) is 95.4 cm³/mol. The summed E-state index contributed by atoms with van der Waals surface area (Å²) in [5.41, 5.74) is 1.04. The van der Waals surface area contributed by atoms with E-state index in [1.54, 1.807) is 13.0 Å². The normalized spacial score (nSPS) is 23.4. The molecule has 26 heavy (non-hydrogen) atoms. The Hall–Kier alpha value is -1.93. The van der Waals surface area contributed by atoms with E-state index in [1.807, 2.05) is 0 Å². The zero-order valence-electron chi connectivity index (χ0n) is 14.7. The number of carbonyl (C=O) groups excluding carboxylic acids is 1. The van der Waals surface area contributed by atoms with Crippen LogP contribution in [0.4, 0.5) is 0 Å². The molecule has 2 fully saturated rings. The molecule has 0 aromatic heterocycles. The highest BCUT2D eigenvalue weighted by Crippen LogP contribution is 2.26. The molecule has 2 aliphatic rings. The summed E-state index contributed by atoms with van der Waals surface area (Å²) in [6.45, 7) is 1.76. The Morgan fingerprint density at radius 3 is 2.23 bits per heavy atom. The number of rotatable bonds is 6. The minimum Gasteiger partial charge on any atom is -0.481 e. The summed E-state index contributed by atoms with van der Waals surface area (Å²) in [7, 11) is -3.61. The third-order valence-corrected chi connectivity index (χ3v) is 6.59. The number of aliphatic carboxylic acids is 1. The first-order chi connectivity index (χ1) is 12.3. The molecule has 0 heterocycles. The molecule has 0 unspecified atom stereocenters. The van der Waals surface area contributed by atoms with Crippen LogP contribution < -0.4 is 10.0 Å². The molecule has 2 aliphatic carbocycles. The quantitative estimate of drug-likeness (QED) is 0.697. The average Bonchev–Trinajstić information content (AvgIpc) is 3.38. The molecular formula is C18H24N2O5S. The number of sulfonamides is 1. The summed E-state index contributed by atoms with van der Waals surface area (Å²) < 4.78 is 27.3. The van der Waals surface area contributed by atoms with Crippen molar-refractivity contribution in [1.29, 1.82) is 0 Å². The van der Waals surface area contributed by atoms with Crippen molar-refractivity contribution < 1.29 is 23.1 Å². The number of benzene rings is 1. The number of aryl methyl sites for hydroxylation is 1. The molecule has 0 radical (unpaired) electrons. The van der Waals surface area contributed by atoms with Crippen molar-refractivity contribution in [2.45, 2.75) is 62.4 Å². The van der Waals surface area contributed by atoms with Crippen molar-refractivity contribution in [2.24, 2.45) is 5.92 Å². The molecule has 2 saturated carbocycles. The van der Waals surface area contributed by atoms with Crippen LogP contribution in [0.2, 0.25) is 0 Å². The number of carboxylic acid groups (broad SMARTS) is 1. The summed E-state index contributed by atoms with van der Waals surface area (Å²) in [6, 6.07) is 4.48. The van der Waals surface area contributed by atoms with Crippen LogP contribution in [-0.4, -0.2) is 37.5 Å². The molecule has 1 aromatic carbocycles. The van der Waals surface area contributed by atoms with Crippen LogP contribution in [0.15, 0.2) is 23.1 Å². The Kier molecular flexibility index (Phi) is 5.34. The fourth-order valence-electron chi connectivity index (χ4n) is 3.25. The van der Waals surface area contributed by atoms with Gasteiger partial charge in [0.2, 0.25) is 10.0 Å². The van der Waals surface area contributed by atoms with Gasteiger partial charge in [-0.05, 0) is 63.1 Å². The number of carboxylic acids is 1. The van der Waals surface area contributed by atoms with Gasteiger partial charge in [0.1, 0.15) is 0 Å². The van der Waals surface area contributed by atoms with Crippen LogP contribution in [0, 0.1) is 12.8 Å². The van der Waals surface area contributed by atoms with Gasteiger partial charge in [0.25, 0.3) is 5.91 Å². The number of nitrogens with one attached hydrogen (secondary N) is 2. The maximum Gasteiger partial charge on any atom is 0.306 e. The summed E-state index contributed by atoms with van der Waals surface area (Å²) in [6.07, 6.45) is 4.00. The first kappa shape index (κ1) is 18.8. The van der Waals surface area contributed by atoms with E-state index in [0.717, 1.165) is 12.8 Å². The Bertz CT molecular complexity index is 809. The first-order valence-corrected chi connectivity index (χ1v) is 10.4. The lowest BCUT2D eigenvalue weighted by Gasteiger charge is -2.27. The monoisotopic (exact) mass is 380 g/mol. The lowest BCUT2D eigenvalue weighted by atomic mass is 9.86. The van der Waals surface area contributed by atoms with Crippen LogP contribution in [0.5, 0.6) is 0 Å². The fourth-order valence-corrected chi connectivity index (χ4v) is 4.58. The van der Waals surface area contributed by atoms with Crippen LogP contribution in [-0.2, 0) is 14.8 Å².